The van der Waals surface area contributed by atoms with E-state index in [1.54, 1.807) is 0 Å². The van der Waals surface area contributed by atoms with Gasteiger partial charge in [-0.1, -0.05) is 24.3 Å². The molecule has 1 aromatic carbocycles. The van der Waals surface area contributed by atoms with Gasteiger partial charge in [-0.3, -0.25) is 0 Å². The summed E-state index contributed by atoms with van der Waals surface area (Å²) in [5.74, 6) is 0. The minimum absolute atomic E-state index is 1.14. The zero-order chi connectivity index (χ0) is 7.52. The molecule has 1 heteroatoms. The molecule has 0 bridgehead atoms. The zero-order valence-electron chi connectivity index (χ0n) is 6.38. The molecular weight excluding hydrogens is 134 g/mol. The molecule has 2 rings (SSSR count). The first kappa shape index (κ1) is 6.47. The highest BCUT2D eigenvalue weighted by atomic mass is 14.8. The molecule has 1 N–H and O–H groups in total. The molecule has 0 spiro atoms. The van der Waals surface area contributed by atoms with Crippen molar-refractivity contribution in [2.24, 2.45) is 0 Å². The molecule has 0 saturated heterocycles. The van der Waals surface area contributed by atoms with Crippen LogP contribution < -0.4 is 5.32 Å². The van der Waals surface area contributed by atoms with E-state index in [1.165, 1.54) is 11.3 Å². The fourth-order valence-electron chi connectivity index (χ4n) is 1.35. The first-order valence-corrected chi connectivity index (χ1v) is 3.96. The van der Waals surface area contributed by atoms with Crippen LogP contribution in [-0.2, 0) is 6.42 Å². The Morgan fingerprint density at radius 3 is 3.09 bits per heavy atom. The normalized spacial score (nSPS) is 14.9. The van der Waals surface area contributed by atoms with Crippen LogP contribution in [0.25, 0.3) is 0 Å². The number of para-hydroxylation sites is 1. The molecule has 0 aromatic heterocycles. The molecule has 1 aliphatic rings. The maximum atomic E-state index is 3.24. The zero-order valence-corrected chi connectivity index (χ0v) is 6.38. The van der Waals surface area contributed by atoms with Gasteiger partial charge in [-0.05, 0) is 30.7 Å². The van der Waals surface area contributed by atoms with E-state index in [-0.39, 0.29) is 0 Å². The van der Waals surface area contributed by atoms with Crippen molar-refractivity contribution in [2.45, 2.75) is 12.8 Å². The summed E-state index contributed by atoms with van der Waals surface area (Å²) in [6.07, 6.45) is 6.48. The van der Waals surface area contributed by atoms with Gasteiger partial charge in [0.2, 0.25) is 0 Å². The summed E-state index contributed by atoms with van der Waals surface area (Å²) < 4.78 is 0. The SMILES string of the molecule is C1=CNc2ccccc2CC1. The smallest absolute Gasteiger partial charge is 0.0412 e. The predicted molar refractivity (Wildman–Crippen MR) is 47.5 cm³/mol. The van der Waals surface area contributed by atoms with Gasteiger partial charge in [0.1, 0.15) is 0 Å². The minimum Gasteiger partial charge on any atom is -0.362 e. The molecule has 0 saturated carbocycles. The molecule has 0 amide bonds. The van der Waals surface area contributed by atoms with Gasteiger partial charge in [0, 0.05) is 5.69 Å². The van der Waals surface area contributed by atoms with Crippen LogP contribution in [0.15, 0.2) is 36.5 Å². The van der Waals surface area contributed by atoms with Crippen LogP contribution in [0.5, 0.6) is 0 Å². The van der Waals surface area contributed by atoms with E-state index in [0.717, 1.165) is 12.8 Å². The molecule has 1 aliphatic heterocycles. The Hall–Kier alpha value is -1.24. The van der Waals surface area contributed by atoms with E-state index >= 15 is 0 Å². The molecule has 0 radical (unpaired) electrons. The van der Waals surface area contributed by atoms with Gasteiger partial charge >= 0.3 is 0 Å². The predicted octanol–water partition coefficient (Wildman–Crippen LogP) is 2.56. The average Bonchev–Trinajstić information content (AvgIpc) is 2.28. The topological polar surface area (TPSA) is 12.0 Å². The van der Waals surface area contributed by atoms with Crippen molar-refractivity contribution in [3.63, 3.8) is 0 Å². The van der Waals surface area contributed by atoms with Crippen LogP contribution in [-0.4, -0.2) is 0 Å². The van der Waals surface area contributed by atoms with Crippen molar-refractivity contribution >= 4 is 5.69 Å². The number of nitrogens with one attached hydrogen (secondary N) is 1. The van der Waals surface area contributed by atoms with Crippen LogP contribution in [0.3, 0.4) is 0 Å². The van der Waals surface area contributed by atoms with Gasteiger partial charge in [0.05, 0.1) is 0 Å². The summed E-state index contributed by atoms with van der Waals surface area (Å²) >= 11 is 0. The Morgan fingerprint density at radius 1 is 1.18 bits per heavy atom. The van der Waals surface area contributed by atoms with Gasteiger partial charge in [0.25, 0.3) is 0 Å². The number of fused-ring (bicyclic) bond motifs is 1. The number of anilines is 1. The standard InChI is InChI=1S/C10H11N/c1-2-7-10-9(5-1)6-3-4-8-11-10/h1-2,4-5,7-8,11H,3,6H2. The van der Waals surface area contributed by atoms with Gasteiger partial charge in [0.15, 0.2) is 0 Å². The third-order valence-corrected chi connectivity index (χ3v) is 1.95. The summed E-state index contributed by atoms with van der Waals surface area (Å²) in [7, 11) is 0. The third-order valence-electron chi connectivity index (χ3n) is 1.95. The number of hydrogen-bond acceptors (Lipinski definition) is 1. The lowest BCUT2D eigenvalue weighted by molar-refractivity contribution is 1.01. The van der Waals surface area contributed by atoms with E-state index < -0.39 is 0 Å². The molecule has 56 valence electrons. The van der Waals surface area contributed by atoms with Crippen molar-refractivity contribution in [2.75, 3.05) is 5.32 Å². The molecule has 0 aliphatic carbocycles. The van der Waals surface area contributed by atoms with Crippen molar-refractivity contribution in [3.8, 4) is 0 Å². The molecule has 1 heterocycles. The molecule has 0 atom stereocenters. The third kappa shape index (κ3) is 1.27. The van der Waals surface area contributed by atoms with Crippen molar-refractivity contribution < 1.29 is 0 Å². The second-order valence-corrected chi connectivity index (χ2v) is 2.74. The first-order chi connectivity index (χ1) is 5.47. The minimum atomic E-state index is 1.14. The lowest BCUT2D eigenvalue weighted by Gasteiger charge is -2.03. The van der Waals surface area contributed by atoms with Gasteiger partial charge in [-0.2, -0.15) is 0 Å². The molecule has 0 unspecified atom stereocenters. The molecule has 1 aromatic rings. The van der Waals surface area contributed by atoms with E-state index in [0.29, 0.717) is 0 Å². The van der Waals surface area contributed by atoms with E-state index in [4.69, 9.17) is 0 Å². The first-order valence-electron chi connectivity index (χ1n) is 3.96. The molecule has 1 nitrogen and oxygen atoms in total. The molecule has 0 fully saturated rings. The number of hydrogen-bond donors (Lipinski definition) is 1. The summed E-state index contributed by atoms with van der Waals surface area (Å²) in [6.45, 7) is 0. The number of allylic oxidation sites excluding steroid dienone is 1. The largest absolute Gasteiger partial charge is 0.362 e. The lowest BCUT2D eigenvalue weighted by Crippen LogP contribution is -1.89. The second kappa shape index (κ2) is 2.79. The Kier molecular flexibility index (Phi) is 1.64. The van der Waals surface area contributed by atoms with Crippen LogP contribution in [0.1, 0.15) is 12.0 Å². The Bertz CT molecular complexity index is 276. The highest BCUT2D eigenvalue weighted by Crippen LogP contribution is 2.18. The summed E-state index contributed by atoms with van der Waals surface area (Å²) in [6, 6.07) is 8.44. The number of aryl methyl sites for hydroxylation is 1. The fraction of sp³-hybridized carbons (Fsp3) is 0.200. The number of rotatable bonds is 0. The second-order valence-electron chi connectivity index (χ2n) is 2.74. The van der Waals surface area contributed by atoms with Crippen LogP contribution in [0.2, 0.25) is 0 Å². The van der Waals surface area contributed by atoms with Gasteiger partial charge < -0.3 is 5.32 Å². The Labute approximate surface area is 66.7 Å². The van der Waals surface area contributed by atoms with E-state index in [1.807, 2.05) is 6.20 Å². The van der Waals surface area contributed by atoms with Gasteiger partial charge in [-0.25, -0.2) is 0 Å². The van der Waals surface area contributed by atoms with Crippen molar-refractivity contribution in [1.82, 2.24) is 0 Å². The monoisotopic (exact) mass is 145 g/mol. The molecular formula is C10H11N. The highest BCUT2D eigenvalue weighted by molar-refractivity contribution is 5.53. The highest BCUT2D eigenvalue weighted by Gasteiger charge is 2.00. The summed E-state index contributed by atoms with van der Waals surface area (Å²) in [5, 5.41) is 3.24. The lowest BCUT2D eigenvalue weighted by atomic mass is 10.1. The van der Waals surface area contributed by atoms with E-state index in [9.17, 15) is 0 Å². The van der Waals surface area contributed by atoms with Crippen molar-refractivity contribution in [3.05, 3.63) is 42.1 Å². The summed E-state index contributed by atoms with van der Waals surface area (Å²) in [4.78, 5) is 0. The van der Waals surface area contributed by atoms with Crippen LogP contribution in [0.4, 0.5) is 5.69 Å². The fourth-order valence-corrected chi connectivity index (χ4v) is 1.35. The van der Waals surface area contributed by atoms with E-state index in [2.05, 4.69) is 35.7 Å². The van der Waals surface area contributed by atoms with Crippen LogP contribution >= 0.6 is 0 Å². The Balaban J connectivity index is 2.40. The number of benzene rings is 1. The molecule has 11 heavy (non-hydrogen) atoms. The maximum Gasteiger partial charge on any atom is 0.0412 e. The van der Waals surface area contributed by atoms with Crippen molar-refractivity contribution in [1.29, 1.82) is 0 Å². The average molecular weight is 145 g/mol. The quantitative estimate of drug-likeness (QED) is 0.591. The van der Waals surface area contributed by atoms with Gasteiger partial charge in [-0.15, -0.1) is 0 Å². The van der Waals surface area contributed by atoms with Crippen LogP contribution in [0, 0.1) is 0 Å². The Morgan fingerprint density at radius 2 is 2.09 bits per heavy atom. The maximum absolute atomic E-state index is 3.24. The summed E-state index contributed by atoms with van der Waals surface area (Å²) in [5.41, 5.74) is 2.67.